The van der Waals surface area contributed by atoms with Gasteiger partial charge in [-0.1, -0.05) is 30.3 Å². The molecule has 7 heteroatoms. The Bertz CT molecular complexity index is 1080. The van der Waals surface area contributed by atoms with Crippen molar-refractivity contribution in [3.8, 4) is 5.69 Å². The lowest BCUT2D eigenvalue weighted by Gasteiger charge is -2.21. The first-order chi connectivity index (χ1) is 14.6. The van der Waals surface area contributed by atoms with Gasteiger partial charge in [0.15, 0.2) is 0 Å². The Kier molecular flexibility index (Phi) is 5.90. The summed E-state index contributed by atoms with van der Waals surface area (Å²) in [6.45, 7) is 1.93. The van der Waals surface area contributed by atoms with Gasteiger partial charge in [0.1, 0.15) is 5.82 Å². The predicted molar refractivity (Wildman–Crippen MR) is 116 cm³/mol. The average molecular weight is 421 g/mol. The first-order valence-electron chi connectivity index (χ1n) is 9.54. The molecular weight excluding hydrogens is 399 g/mol. The van der Waals surface area contributed by atoms with Crippen molar-refractivity contribution in [3.05, 3.63) is 107 Å². The van der Waals surface area contributed by atoms with Crippen molar-refractivity contribution in [2.75, 3.05) is 0 Å². The zero-order valence-corrected chi connectivity index (χ0v) is 17.1. The summed E-state index contributed by atoms with van der Waals surface area (Å²) in [6.07, 6.45) is 5.35. The number of carbonyl (C=O) groups is 1. The van der Waals surface area contributed by atoms with Crippen LogP contribution in [-0.2, 0) is 0 Å². The van der Waals surface area contributed by atoms with Crippen molar-refractivity contribution in [3.63, 3.8) is 0 Å². The van der Waals surface area contributed by atoms with E-state index >= 15 is 0 Å². The highest BCUT2D eigenvalue weighted by Crippen LogP contribution is 2.26. The van der Waals surface area contributed by atoms with Crippen LogP contribution in [0.2, 0.25) is 0 Å². The Morgan fingerprint density at radius 3 is 2.40 bits per heavy atom. The summed E-state index contributed by atoms with van der Waals surface area (Å²) < 4.78 is 15.3. The van der Waals surface area contributed by atoms with E-state index in [0.29, 0.717) is 0 Å². The van der Waals surface area contributed by atoms with E-state index in [1.807, 2.05) is 59.5 Å². The normalized spacial score (nSPS) is 12.9. The molecule has 2 amide bonds. The molecule has 0 aliphatic heterocycles. The second kappa shape index (κ2) is 8.92. The number of thiophene rings is 1. The summed E-state index contributed by atoms with van der Waals surface area (Å²) in [5.74, 6) is -0.305. The van der Waals surface area contributed by atoms with Gasteiger partial charge in [0.2, 0.25) is 0 Å². The van der Waals surface area contributed by atoms with Crippen molar-refractivity contribution in [2.45, 2.75) is 19.0 Å². The van der Waals surface area contributed by atoms with Gasteiger partial charge in [-0.05, 0) is 53.8 Å². The molecule has 5 nitrogen and oxygen atoms in total. The number of hydrogen-bond acceptors (Lipinski definition) is 3. The van der Waals surface area contributed by atoms with Crippen molar-refractivity contribution in [1.29, 1.82) is 0 Å². The topological polar surface area (TPSA) is 59.0 Å². The summed E-state index contributed by atoms with van der Waals surface area (Å²) in [5, 5.41) is 7.95. The molecule has 0 saturated carbocycles. The molecule has 152 valence electrons. The predicted octanol–water partition coefficient (Wildman–Crippen LogP) is 5.22. The molecule has 0 fully saturated rings. The summed E-state index contributed by atoms with van der Waals surface area (Å²) >= 11 is 1.54. The van der Waals surface area contributed by atoms with Crippen LogP contribution in [0.4, 0.5) is 9.18 Å². The fraction of sp³-hybridized carbons (Fsp3) is 0.130. The molecule has 0 spiro atoms. The van der Waals surface area contributed by atoms with Crippen LogP contribution >= 0.6 is 11.3 Å². The van der Waals surface area contributed by atoms with Gasteiger partial charge in [-0.25, -0.2) is 14.2 Å². The Morgan fingerprint density at radius 2 is 1.77 bits per heavy atom. The van der Waals surface area contributed by atoms with Crippen molar-refractivity contribution >= 4 is 17.4 Å². The molecule has 2 N–H and O–H groups in total. The Hall–Kier alpha value is -3.45. The molecule has 0 saturated heterocycles. The highest BCUT2D eigenvalue weighted by Gasteiger charge is 2.19. The lowest BCUT2D eigenvalue weighted by Crippen LogP contribution is -2.39. The number of benzene rings is 2. The van der Waals surface area contributed by atoms with Crippen LogP contribution in [0.3, 0.4) is 0 Å². The fourth-order valence-electron chi connectivity index (χ4n) is 3.23. The van der Waals surface area contributed by atoms with Crippen molar-refractivity contribution in [1.82, 2.24) is 20.2 Å². The van der Waals surface area contributed by atoms with Crippen molar-refractivity contribution < 1.29 is 9.18 Å². The number of carbonyl (C=O) groups excluding carboxylic acids is 1. The van der Waals surface area contributed by atoms with Gasteiger partial charge in [-0.15, -0.1) is 11.3 Å². The number of hydrogen-bond donors (Lipinski definition) is 2. The summed E-state index contributed by atoms with van der Waals surface area (Å²) in [6, 6.07) is 17.2. The Morgan fingerprint density at radius 1 is 1.03 bits per heavy atom. The SMILES string of the molecule is CC(NC(=O)NC(c1ccc(F)cc1)c1cccs1)c1ccc(-n2ccnc2)cc1. The molecule has 2 unspecified atom stereocenters. The number of imidazole rings is 1. The van der Waals surface area contributed by atoms with E-state index in [2.05, 4.69) is 15.6 Å². The zero-order valence-electron chi connectivity index (χ0n) is 16.3. The number of halogens is 1. The Balaban J connectivity index is 1.44. The van der Waals surface area contributed by atoms with E-state index in [0.717, 1.165) is 21.7 Å². The van der Waals surface area contributed by atoms with Gasteiger partial charge in [0.25, 0.3) is 0 Å². The molecule has 2 heterocycles. The molecular formula is C23H21FN4OS. The maximum absolute atomic E-state index is 13.3. The monoisotopic (exact) mass is 420 g/mol. The van der Waals surface area contributed by atoms with Crippen LogP contribution in [0.25, 0.3) is 5.69 Å². The van der Waals surface area contributed by atoms with E-state index in [-0.39, 0.29) is 23.9 Å². The maximum atomic E-state index is 13.3. The summed E-state index contributed by atoms with van der Waals surface area (Å²) in [4.78, 5) is 17.8. The molecule has 2 aromatic heterocycles. The fourth-order valence-corrected chi connectivity index (χ4v) is 4.03. The van der Waals surface area contributed by atoms with E-state index in [4.69, 9.17) is 0 Å². The summed E-state index contributed by atoms with van der Waals surface area (Å²) in [5.41, 5.74) is 2.82. The highest BCUT2D eigenvalue weighted by molar-refractivity contribution is 7.10. The molecule has 2 aromatic carbocycles. The largest absolute Gasteiger partial charge is 0.332 e. The number of nitrogens with zero attached hydrogens (tertiary/aromatic N) is 2. The van der Waals surface area contributed by atoms with E-state index in [1.165, 1.54) is 12.1 Å². The zero-order chi connectivity index (χ0) is 20.9. The molecule has 0 bridgehead atoms. The average Bonchev–Trinajstić information content (AvgIpc) is 3.47. The van der Waals surface area contributed by atoms with Crippen LogP contribution in [0.5, 0.6) is 0 Å². The van der Waals surface area contributed by atoms with Gasteiger partial charge < -0.3 is 15.2 Å². The van der Waals surface area contributed by atoms with Crippen LogP contribution in [0.1, 0.15) is 35.0 Å². The smallest absolute Gasteiger partial charge is 0.316 e. The molecule has 0 radical (unpaired) electrons. The number of urea groups is 1. The van der Waals surface area contributed by atoms with Gasteiger partial charge in [0, 0.05) is 23.0 Å². The molecule has 30 heavy (non-hydrogen) atoms. The highest BCUT2D eigenvalue weighted by atomic mass is 32.1. The lowest BCUT2D eigenvalue weighted by atomic mass is 10.1. The molecule has 4 rings (SSSR count). The first kappa shape index (κ1) is 19.8. The van der Waals surface area contributed by atoms with Crippen LogP contribution < -0.4 is 10.6 Å². The number of rotatable bonds is 6. The number of amides is 2. The summed E-state index contributed by atoms with van der Waals surface area (Å²) in [7, 11) is 0. The quantitative estimate of drug-likeness (QED) is 0.449. The minimum absolute atomic E-state index is 0.181. The third-order valence-corrected chi connectivity index (χ3v) is 5.79. The van der Waals surface area contributed by atoms with E-state index in [9.17, 15) is 9.18 Å². The van der Waals surface area contributed by atoms with Crippen molar-refractivity contribution in [2.24, 2.45) is 0 Å². The second-order valence-electron chi connectivity index (χ2n) is 6.90. The van der Waals surface area contributed by atoms with E-state index in [1.54, 1.807) is 36.0 Å². The molecule has 4 aromatic rings. The van der Waals surface area contributed by atoms with E-state index < -0.39 is 0 Å². The van der Waals surface area contributed by atoms with Gasteiger partial charge in [-0.3, -0.25) is 0 Å². The Labute approximate surface area is 178 Å². The molecule has 2 atom stereocenters. The first-order valence-corrected chi connectivity index (χ1v) is 10.4. The van der Waals surface area contributed by atoms with Gasteiger partial charge in [-0.2, -0.15) is 0 Å². The third-order valence-electron chi connectivity index (χ3n) is 4.85. The maximum Gasteiger partial charge on any atom is 0.316 e. The van der Waals surface area contributed by atoms with Crippen LogP contribution in [0.15, 0.2) is 84.8 Å². The lowest BCUT2D eigenvalue weighted by molar-refractivity contribution is 0.236. The van der Waals surface area contributed by atoms with Crippen LogP contribution in [0, 0.1) is 5.82 Å². The second-order valence-corrected chi connectivity index (χ2v) is 7.88. The van der Waals surface area contributed by atoms with Crippen LogP contribution in [-0.4, -0.2) is 15.6 Å². The van der Waals surface area contributed by atoms with Gasteiger partial charge in [0.05, 0.1) is 18.4 Å². The minimum atomic E-state index is -0.346. The third kappa shape index (κ3) is 4.58. The number of nitrogens with one attached hydrogen (secondary N) is 2. The molecule has 0 aliphatic carbocycles. The number of aromatic nitrogens is 2. The molecule has 0 aliphatic rings. The minimum Gasteiger partial charge on any atom is -0.332 e. The standard InChI is InChI=1S/C23H21FN4OS/c1-16(17-6-10-20(11-7-17)28-13-12-25-15-28)26-23(29)27-22(21-3-2-14-30-21)18-4-8-19(24)9-5-18/h2-16,22H,1H3,(H2,26,27,29). The van der Waals surface area contributed by atoms with Gasteiger partial charge >= 0.3 is 6.03 Å².